The number of rotatable bonds is 4. The minimum absolute atomic E-state index is 0.0181. The molecule has 0 radical (unpaired) electrons. The van der Waals surface area contributed by atoms with Gasteiger partial charge in [-0.15, -0.1) is 0 Å². The van der Waals surface area contributed by atoms with Gasteiger partial charge in [-0.1, -0.05) is 13.0 Å². The molecule has 2 unspecified atom stereocenters. The van der Waals surface area contributed by atoms with Crippen LogP contribution < -0.4 is 11.3 Å². The molecular formula is C11H19N3O. The van der Waals surface area contributed by atoms with Crippen LogP contribution >= 0.6 is 0 Å². The average Bonchev–Trinajstić information content (AvgIpc) is 2.26. The Kier molecular flexibility index (Phi) is 4.49. The van der Waals surface area contributed by atoms with Crippen molar-refractivity contribution in [2.45, 2.75) is 26.7 Å². The third-order valence-corrected chi connectivity index (χ3v) is 2.75. The van der Waals surface area contributed by atoms with E-state index in [1.165, 1.54) is 0 Å². The Hall–Kier alpha value is -1.16. The Morgan fingerprint density at radius 2 is 2.53 bits per heavy atom. The highest BCUT2D eigenvalue weighted by atomic mass is 16.2. The number of nitrogens with two attached hydrogens (primary N) is 1. The zero-order chi connectivity index (χ0) is 11.3. The zero-order valence-corrected chi connectivity index (χ0v) is 9.36. The molecule has 4 heteroatoms. The van der Waals surface area contributed by atoms with Crippen molar-refractivity contribution < 1.29 is 4.79 Å². The predicted molar refractivity (Wildman–Crippen MR) is 61.3 cm³/mol. The van der Waals surface area contributed by atoms with Crippen LogP contribution in [-0.2, 0) is 4.79 Å². The molecule has 0 spiro atoms. The number of allylic oxidation sites excluding steroid dienone is 1. The summed E-state index contributed by atoms with van der Waals surface area (Å²) in [4.78, 5) is 15.5. The van der Waals surface area contributed by atoms with E-state index in [2.05, 4.69) is 16.5 Å². The molecular weight excluding hydrogens is 190 g/mol. The number of nitrogens with zero attached hydrogens (tertiary/aromatic N) is 1. The van der Waals surface area contributed by atoms with E-state index in [-0.39, 0.29) is 11.8 Å². The monoisotopic (exact) mass is 209 g/mol. The number of hydrogen-bond donors (Lipinski definition) is 2. The summed E-state index contributed by atoms with van der Waals surface area (Å²) in [5.74, 6) is 5.43. The van der Waals surface area contributed by atoms with Crippen LogP contribution in [0.15, 0.2) is 17.1 Å². The first-order chi connectivity index (χ1) is 7.13. The van der Waals surface area contributed by atoms with Gasteiger partial charge in [0.25, 0.3) is 0 Å². The van der Waals surface area contributed by atoms with Crippen molar-refractivity contribution in [1.29, 1.82) is 0 Å². The van der Waals surface area contributed by atoms with Gasteiger partial charge in [-0.2, -0.15) is 0 Å². The van der Waals surface area contributed by atoms with Crippen molar-refractivity contribution in [3.63, 3.8) is 0 Å². The lowest BCUT2D eigenvalue weighted by atomic mass is 9.94. The zero-order valence-electron chi connectivity index (χ0n) is 9.36. The molecule has 0 bridgehead atoms. The maximum absolute atomic E-state index is 11.2. The summed E-state index contributed by atoms with van der Waals surface area (Å²) in [5.41, 5.74) is 3.26. The molecule has 0 aromatic carbocycles. The summed E-state index contributed by atoms with van der Waals surface area (Å²) in [6, 6.07) is 0. The number of nitrogens with one attached hydrogen (secondary N) is 1. The molecule has 2 atom stereocenters. The Morgan fingerprint density at radius 3 is 3.07 bits per heavy atom. The second-order valence-corrected chi connectivity index (χ2v) is 4.09. The summed E-state index contributed by atoms with van der Waals surface area (Å²) in [6.45, 7) is 4.74. The number of dihydropyridines is 1. The fourth-order valence-corrected chi connectivity index (χ4v) is 1.58. The van der Waals surface area contributed by atoms with E-state index in [1.807, 2.05) is 19.9 Å². The number of aliphatic imine (C=N–C) groups is 1. The van der Waals surface area contributed by atoms with Crippen LogP contribution in [-0.4, -0.2) is 18.2 Å². The molecule has 0 aromatic rings. The SMILES string of the molecule is CC1=NCC(CCC(C)C(=O)NN)C=C1. The molecule has 1 aliphatic rings. The topological polar surface area (TPSA) is 67.5 Å². The van der Waals surface area contributed by atoms with E-state index in [9.17, 15) is 4.79 Å². The summed E-state index contributed by atoms with van der Waals surface area (Å²) < 4.78 is 0. The number of hydrogen-bond acceptors (Lipinski definition) is 3. The molecule has 0 aromatic heterocycles. The van der Waals surface area contributed by atoms with Crippen LogP contribution in [0.2, 0.25) is 0 Å². The van der Waals surface area contributed by atoms with Gasteiger partial charge in [0.05, 0.1) is 0 Å². The normalized spacial score (nSPS) is 22.1. The van der Waals surface area contributed by atoms with E-state index in [4.69, 9.17) is 5.84 Å². The smallest absolute Gasteiger partial charge is 0.236 e. The third-order valence-electron chi connectivity index (χ3n) is 2.75. The number of carbonyl (C=O) groups excluding carboxylic acids is 1. The van der Waals surface area contributed by atoms with E-state index < -0.39 is 0 Å². The van der Waals surface area contributed by atoms with Crippen LogP contribution in [0.3, 0.4) is 0 Å². The first-order valence-corrected chi connectivity index (χ1v) is 5.33. The molecule has 3 N–H and O–H groups in total. The third kappa shape index (κ3) is 3.83. The maximum Gasteiger partial charge on any atom is 0.236 e. The Balaban J connectivity index is 2.27. The first kappa shape index (κ1) is 11.9. The van der Waals surface area contributed by atoms with Gasteiger partial charge < -0.3 is 0 Å². The van der Waals surface area contributed by atoms with E-state index in [1.54, 1.807) is 0 Å². The minimum atomic E-state index is -0.0885. The van der Waals surface area contributed by atoms with Gasteiger partial charge in [-0.05, 0) is 31.8 Å². The fourth-order valence-electron chi connectivity index (χ4n) is 1.58. The fraction of sp³-hybridized carbons (Fsp3) is 0.636. The summed E-state index contributed by atoms with van der Waals surface area (Å²) in [6.07, 6.45) is 6.06. The van der Waals surface area contributed by atoms with Crippen LogP contribution in [0.25, 0.3) is 0 Å². The highest BCUT2D eigenvalue weighted by molar-refractivity contribution is 5.93. The standard InChI is InChI=1S/C11H19N3O/c1-8(11(15)14-12)3-5-10-6-4-9(2)13-7-10/h4,6,8,10H,3,5,7,12H2,1-2H3,(H,14,15). The molecule has 84 valence electrons. The summed E-state index contributed by atoms with van der Waals surface area (Å²) in [7, 11) is 0. The van der Waals surface area contributed by atoms with Gasteiger partial charge >= 0.3 is 0 Å². The van der Waals surface area contributed by atoms with Gasteiger partial charge in [0.2, 0.25) is 5.91 Å². The Bertz CT molecular complexity index is 284. The summed E-state index contributed by atoms with van der Waals surface area (Å²) in [5, 5.41) is 0. The van der Waals surface area contributed by atoms with E-state index in [0.29, 0.717) is 5.92 Å². The molecule has 0 fully saturated rings. The molecule has 15 heavy (non-hydrogen) atoms. The lowest BCUT2D eigenvalue weighted by Crippen LogP contribution is -2.34. The molecule has 1 heterocycles. The molecule has 0 aliphatic carbocycles. The maximum atomic E-state index is 11.2. The van der Waals surface area contributed by atoms with E-state index >= 15 is 0 Å². The molecule has 1 amide bonds. The van der Waals surface area contributed by atoms with Crippen molar-refractivity contribution in [3.8, 4) is 0 Å². The lowest BCUT2D eigenvalue weighted by Gasteiger charge is -2.16. The Morgan fingerprint density at radius 1 is 1.80 bits per heavy atom. The lowest BCUT2D eigenvalue weighted by molar-refractivity contribution is -0.124. The van der Waals surface area contributed by atoms with Crippen LogP contribution in [0.5, 0.6) is 0 Å². The van der Waals surface area contributed by atoms with Gasteiger partial charge in [-0.25, -0.2) is 5.84 Å². The van der Waals surface area contributed by atoms with Gasteiger partial charge in [-0.3, -0.25) is 15.2 Å². The largest absolute Gasteiger partial charge is 0.294 e. The van der Waals surface area contributed by atoms with E-state index in [0.717, 1.165) is 25.1 Å². The van der Waals surface area contributed by atoms with Crippen LogP contribution in [0.1, 0.15) is 26.7 Å². The number of carbonyl (C=O) groups is 1. The number of hydrazine groups is 1. The second kappa shape index (κ2) is 5.66. The van der Waals surface area contributed by atoms with Gasteiger partial charge in [0.15, 0.2) is 0 Å². The highest BCUT2D eigenvalue weighted by Gasteiger charge is 2.14. The van der Waals surface area contributed by atoms with Crippen molar-refractivity contribution in [2.75, 3.05) is 6.54 Å². The molecule has 0 saturated heterocycles. The molecule has 4 nitrogen and oxygen atoms in total. The van der Waals surface area contributed by atoms with Crippen LogP contribution in [0.4, 0.5) is 0 Å². The Labute approximate surface area is 90.6 Å². The first-order valence-electron chi connectivity index (χ1n) is 5.33. The van der Waals surface area contributed by atoms with Crippen molar-refractivity contribution in [1.82, 2.24) is 5.43 Å². The number of amides is 1. The second-order valence-electron chi connectivity index (χ2n) is 4.09. The van der Waals surface area contributed by atoms with Gasteiger partial charge in [0.1, 0.15) is 0 Å². The predicted octanol–water partition coefficient (Wildman–Crippen LogP) is 1.04. The molecule has 1 rings (SSSR count). The van der Waals surface area contributed by atoms with Crippen LogP contribution in [0, 0.1) is 11.8 Å². The van der Waals surface area contributed by atoms with Crippen molar-refractivity contribution in [2.24, 2.45) is 22.7 Å². The average molecular weight is 209 g/mol. The van der Waals surface area contributed by atoms with Crippen molar-refractivity contribution in [3.05, 3.63) is 12.2 Å². The molecule has 1 aliphatic heterocycles. The molecule has 0 saturated carbocycles. The summed E-state index contributed by atoms with van der Waals surface area (Å²) >= 11 is 0. The highest BCUT2D eigenvalue weighted by Crippen LogP contribution is 2.16. The van der Waals surface area contributed by atoms with Gasteiger partial charge in [0, 0.05) is 18.2 Å². The quantitative estimate of drug-likeness (QED) is 0.412. The van der Waals surface area contributed by atoms with Crippen molar-refractivity contribution >= 4 is 11.6 Å². The minimum Gasteiger partial charge on any atom is -0.294 e.